The van der Waals surface area contributed by atoms with Gasteiger partial charge in [0.25, 0.3) is 0 Å². The second-order valence-electron chi connectivity index (χ2n) is 6.12. The molecule has 0 heterocycles. The third kappa shape index (κ3) is 4.57. The second kappa shape index (κ2) is 8.18. The Morgan fingerprint density at radius 2 is 1.95 bits per heavy atom. The molecule has 1 aromatic rings. The molecule has 0 amide bonds. The minimum atomic E-state index is -0.216. The number of esters is 1. The van der Waals surface area contributed by atoms with E-state index in [0.717, 1.165) is 5.56 Å². The number of hydrogen-bond donors (Lipinski definition) is 1. The number of rotatable bonds is 5. The van der Waals surface area contributed by atoms with Crippen molar-refractivity contribution in [2.24, 2.45) is 5.92 Å². The van der Waals surface area contributed by atoms with Crippen LogP contribution in [0, 0.1) is 5.92 Å². The van der Waals surface area contributed by atoms with E-state index in [1.54, 1.807) is 0 Å². The number of methoxy groups -OCH3 is 1. The molecular weight excluding hydrogens is 262 g/mol. The minimum absolute atomic E-state index is 0.157. The predicted octanol–water partition coefficient (Wildman–Crippen LogP) is 3.50. The molecule has 1 aliphatic carbocycles. The summed E-state index contributed by atoms with van der Waals surface area (Å²) in [6, 6.07) is 10.4. The highest BCUT2D eigenvalue weighted by Crippen LogP contribution is 2.24. The summed E-state index contributed by atoms with van der Waals surface area (Å²) in [5, 5.41) is 3.62. The minimum Gasteiger partial charge on any atom is -0.469 e. The normalized spacial score (nSPS) is 24.1. The standard InChI is InChI=1S/C18H27NO2/c1-14-9-5-3-8-12-17(14)19-13-16(18(20)21-2)15-10-6-4-7-11-15/h4,6-7,10-11,14,16-17,19H,3,5,8-9,12-13H2,1-2H3. The molecule has 21 heavy (non-hydrogen) atoms. The molecule has 116 valence electrons. The topological polar surface area (TPSA) is 38.3 Å². The highest BCUT2D eigenvalue weighted by Gasteiger charge is 2.25. The van der Waals surface area contributed by atoms with Gasteiger partial charge in [0.15, 0.2) is 0 Å². The van der Waals surface area contributed by atoms with Gasteiger partial charge in [-0.2, -0.15) is 0 Å². The van der Waals surface area contributed by atoms with Crippen LogP contribution in [0.5, 0.6) is 0 Å². The Morgan fingerprint density at radius 1 is 1.24 bits per heavy atom. The third-order valence-corrected chi connectivity index (χ3v) is 4.63. The molecule has 3 unspecified atom stereocenters. The van der Waals surface area contributed by atoms with Gasteiger partial charge in [-0.25, -0.2) is 0 Å². The fourth-order valence-corrected chi connectivity index (χ4v) is 3.23. The Bertz CT molecular complexity index is 432. The van der Waals surface area contributed by atoms with E-state index in [1.807, 2.05) is 30.3 Å². The van der Waals surface area contributed by atoms with E-state index < -0.39 is 0 Å². The number of hydrogen-bond acceptors (Lipinski definition) is 3. The molecule has 0 radical (unpaired) electrons. The quantitative estimate of drug-likeness (QED) is 0.666. The lowest BCUT2D eigenvalue weighted by molar-refractivity contribution is -0.142. The maximum absolute atomic E-state index is 12.1. The summed E-state index contributed by atoms with van der Waals surface area (Å²) < 4.78 is 4.98. The summed E-state index contributed by atoms with van der Waals surface area (Å²) in [6.07, 6.45) is 6.45. The molecule has 3 atom stereocenters. The largest absolute Gasteiger partial charge is 0.469 e. The second-order valence-corrected chi connectivity index (χ2v) is 6.12. The zero-order valence-corrected chi connectivity index (χ0v) is 13.2. The van der Waals surface area contributed by atoms with Gasteiger partial charge in [-0.05, 0) is 24.3 Å². The monoisotopic (exact) mass is 289 g/mol. The van der Waals surface area contributed by atoms with Crippen LogP contribution in [-0.2, 0) is 9.53 Å². The molecule has 0 spiro atoms. The van der Waals surface area contributed by atoms with Crippen LogP contribution in [0.1, 0.15) is 50.5 Å². The first-order valence-corrected chi connectivity index (χ1v) is 8.08. The number of benzene rings is 1. The first-order chi connectivity index (χ1) is 10.2. The Morgan fingerprint density at radius 3 is 2.67 bits per heavy atom. The molecule has 0 bridgehead atoms. The predicted molar refractivity (Wildman–Crippen MR) is 85.2 cm³/mol. The van der Waals surface area contributed by atoms with E-state index in [1.165, 1.54) is 39.2 Å². The molecular formula is C18H27NO2. The van der Waals surface area contributed by atoms with Gasteiger partial charge >= 0.3 is 5.97 Å². The van der Waals surface area contributed by atoms with Gasteiger partial charge in [-0.3, -0.25) is 4.79 Å². The lowest BCUT2D eigenvalue weighted by atomic mass is 9.94. The van der Waals surface area contributed by atoms with E-state index in [0.29, 0.717) is 18.5 Å². The van der Waals surface area contributed by atoms with Crippen molar-refractivity contribution in [3.05, 3.63) is 35.9 Å². The maximum Gasteiger partial charge on any atom is 0.314 e. The van der Waals surface area contributed by atoms with Crippen LogP contribution >= 0.6 is 0 Å². The van der Waals surface area contributed by atoms with Crippen LogP contribution in [0.3, 0.4) is 0 Å². The zero-order valence-electron chi connectivity index (χ0n) is 13.2. The molecule has 1 aliphatic rings. The fourth-order valence-electron chi connectivity index (χ4n) is 3.23. The first-order valence-electron chi connectivity index (χ1n) is 8.08. The van der Waals surface area contributed by atoms with Crippen LogP contribution in [0.4, 0.5) is 0 Å². The highest BCUT2D eigenvalue weighted by molar-refractivity contribution is 5.78. The summed E-state index contributed by atoms with van der Waals surface area (Å²) in [5.74, 6) is 0.309. The van der Waals surface area contributed by atoms with Crippen molar-refractivity contribution in [1.82, 2.24) is 5.32 Å². The third-order valence-electron chi connectivity index (χ3n) is 4.63. The van der Waals surface area contributed by atoms with Crippen LogP contribution in [-0.4, -0.2) is 25.7 Å². The molecule has 1 aromatic carbocycles. The van der Waals surface area contributed by atoms with Gasteiger partial charge in [0.05, 0.1) is 13.0 Å². The molecule has 1 saturated carbocycles. The average molecular weight is 289 g/mol. The smallest absolute Gasteiger partial charge is 0.314 e. The Hall–Kier alpha value is -1.35. The van der Waals surface area contributed by atoms with E-state index >= 15 is 0 Å². The van der Waals surface area contributed by atoms with E-state index in [9.17, 15) is 4.79 Å². The zero-order chi connectivity index (χ0) is 15.1. The molecule has 1 N–H and O–H groups in total. The first kappa shape index (κ1) is 16.0. The average Bonchev–Trinajstić information content (AvgIpc) is 2.73. The summed E-state index contributed by atoms with van der Waals surface area (Å²) in [6.45, 7) is 2.98. The van der Waals surface area contributed by atoms with Gasteiger partial charge in [0.2, 0.25) is 0 Å². The summed E-state index contributed by atoms with van der Waals surface area (Å²) in [5.41, 5.74) is 1.03. The number of carbonyl (C=O) groups excluding carboxylic acids is 1. The molecule has 0 aromatic heterocycles. The fraction of sp³-hybridized carbons (Fsp3) is 0.611. The van der Waals surface area contributed by atoms with Crippen LogP contribution in [0.15, 0.2) is 30.3 Å². The van der Waals surface area contributed by atoms with Gasteiger partial charge in [0.1, 0.15) is 0 Å². The van der Waals surface area contributed by atoms with Crippen molar-refractivity contribution < 1.29 is 9.53 Å². The number of nitrogens with one attached hydrogen (secondary N) is 1. The summed E-state index contributed by atoms with van der Waals surface area (Å²) >= 11 is 0. The number of ether oxygens (including phenoxy) is 1. The van der Waals surface area contributed by atoms with Crippen molar-refractivity contribution >= 4 is 5.97 Å². The van der Waals surface area contributed by atoms with Crippen LogP contribution < -0.4 is 5.32 Å². The van der Waals surface area contributed by atoms with Gasteiger partial charge in [-0.15, -0.1) is 0 Å². The molecule has 0 saturated heterocycles. The van der Waals surface area contributed by atoms with Crippen LogP contribution in [0.25, 0.3) is 0 Å². The van der Waals surface area contributed by atoms with E-state index in [-0.39, 0.29) is 11.9 Å². The lowest BCUT2D eigenvalue weighted by Gasteiger charge is -2.25. The maximum atomic E-state index is 12.1. The Labute approximate surface area is 128 Å². The van der Waals surface area contributed by atoms with Crippen molar-refractivity contribution in [2.45, 2.75) is 51.0 Å². The lowest BCUT2D eigenvalue weighted by Crippen LogP contribution is -2.38. The molecule has 1 fully saturated rings. The van der Waals surface area contributed by atoms with Gasteiger partial charge in [0, 0.05) is 12.6 Å². The Balaban J connectivity index is 2.00. The van der Waals surface area contributed by atoms with Gasteiger partial charge in [-0.1, -0.05) is 56.5 Å². The van der Waals surface area contributed by atoms with Crippen molar-refractivity contribution in [3.8, 4) is 0 Å². The van der Waals surface area contributed by atoms with Crippen molar-refractivity contribution in [2.75, 3.05) is 13.7 Å². The summed E-state index contributed by atoms with van der Waals surface area (Å²) in [4.78, 5) is 12.1. The molecule has 2 rings (SSSR count). The Kier molecular flexibility index (Phi) is 6.24. The van der Waals surface area contributed by atoms with Crippen molar-refractivity contribution in [3.63, 3.8) is 0 Å². The highest BCUT2D eigenvalue weighted by atomic mass is 16.5. The van der Waals surface area contributed by atoms with Crippen LogP contribution in [0.2, 0.25) is 0 Å². The van der Waals surface area contributed by atoms with E-state index in [4.69, 9.17) is 4.74 Å². The molecule has 0 aliphatic heterocycles. The van der Waals surface area contributed by atoms with Gasteiger partial charge < -0.3 is 10.1 Å². The SMILES string of the molecule is COC(=O)C(CNC1CCCCCC1C)c1ccccc1. The molecule has 3 heteroatoms. The number of carbonyl (C=O) groups is 1. The molecule has 3 nitrogen and oxygen atoms in total. The summed E-state index contributed by atoms with van der Waals surface area (Å²) in [7, 11) is 1.46. The van der Waals surface area contributed by atoms with E-state index in [2.05, 4.69) is 12.2 Å². The van der Waals surface area contributed by atoms with Crippen molar-refractivity contribution in [1.29, 1.82) is 0 Å².